The highest BCUT2D eigenvalue weighted by Gasteiger charge is 2.10. The Kier molecular flexibility index (Phi) is 3.10. The van der Waals surface area contributed by atoms with Crippen LogP contribution in [0.25, 0.3) is 0 Å². The lowest BCUT2D eigenvalue weighted by atomic mass is 10.3. The smallest absolute Gasteiger partial charge is 0.175 e. The molecule has 0 heterocycles. The molecule has 3 nitrogen and oxygen atoms in total. The van der Waals surface area contributed by atoms with Gasteiger partial charge in [0.2, 0.25) is 0 Å². The Morgan fingerprint density at radius 3 is 2.57 bits per heavy atom. The van der Waals surface area contributed by atoms with Crippen molar-refractivity contribution in [2.24, 2.45) is 0 Å². The molecule has 0 aliphatic rings. The third-order valence-electron chi connectivity index (χ3n) is 1.73. The fourth-order valence-electron chi connectivity index (χ4n) is 1.06. The first-order valence-corrected chi connectivity index (χ1v) is 6.07. The molecule has 0 fully saturated rings. The van der Waals surface area contributed by atoms with E-state index in [0.29, 0.717) is 6.54 Å². The predicted octanol–water partition coefficient (Wildman–Crippen LogP) is 1.66. The van der Waals surface area contributed by atoms with E-state index in [1.54, 1.807) is 0 Å². The summed E-state index contributed by atoms with van der Waals surface area (Å²) in [6.07, 6.45) is 1.09. The molecule has 0 atom stereocenters. The van der Waals surface area contributed by atoms with E-state index in [0.717, 1.165) is 12.3 Å². The molecule has 1 aromatic carbocycles. The first-order valence-electron chi connectivity index (χ1n) is 4.18. The Bertz CT molecular complexity index is 428. The van der Waals surface area contributed by atoms with E-state index in [1.165, 1.54) is 12.1 Å². The minimum absolute atomic E-state index is 0.120. The summed E-state index contributed by atoms with van der Waals surface area (Å²) in [4.78, 5) is 0.120. The Labute approximate surface area is 82.9 Å². The second-order valence-corrected chi connectivity index (χ2v) is 4.96. The number of sulfone groups is 1. The van der Waals surface area contributed by atoms with Gasteiger partial charge in [0.1, 0.15) is 5.82 Å². The Balaban J connectivity index is 3.20. The first kappa shape index (κ1) is 11.0. The van der Waals surface area contributed by atoms with E-state index in [4.69, 9.17) is 0 Å². The number of benzene rings is 1. The third kappa shape index (κ3) is 2.45. The first-order chi connectivity index (χ1) is 6.45. The Morgan fingerprint density at radius 1 is 1.43 bits per heavy atom. The zero-order valence-corrected chi connectivity index (χ0v) is 8.86. The summed E-state index contributed by atoms with van der Waals surface area (Å²) < 4.78 is 35.4. The molecular weight excluding hydrogens is 205 g/mol. The fourth-order valence-corrected chi connectivity index (χ4v) is 1.71. The lowest BCUT2D eigenvalue weighted by molar-refractivity contribution is 0.600. The molecular formula is C9H12FNO2S. The van der Waals surface area contributed by atoms with Crippen LogP contribution in [-0.2, 0) is 9.84 Å². The van der Waals surface area contributed by atoms with Crippen LogP contribution in [0.1, 0.15) is 6.92 Å². The van der Waals surface area contributed by atoms with Crippen molar-refractivity contribution in [1.29, 1.82) is 0 Å². The maximum atomic E-state index is 13.1. The maximum absolute atomic E-state index is 13.1. The molecule has 14 heavy (non-hydrogen) atoms. The molecule has 0 amide bonds. The van der Waals surface area contributed by atoms with Crippen molar-refractivity contribution in [2.45, 2.75) is 11.8 Å². The summed E-state index contributed by atoms with van der Waals surface area (Å²) in [6.45, 7) is 2.36. The van der Waals surface area contributed by atoms with Crippen molar-refractivity contribution >= 4 is 15.5 Å². The molecule has 1 rings (SSSR count). The van der Waals surface area contributed by atoms with E-state index < -0.39 is 15.7 Å². The lowest BCUT2D eigenvalue weighted by Gasteiger charge is -2.06. The van der Waals surface area contributed by atoms with Crippen molar-refractivity contribution in [1.82, 2.24) is 0 Å². The van der Waals surface area contributed by atoms with Gasteiger partial charge in [0, 0.05) is 12.8 Å². The molecule has 0 aliphatic heterocycles. The van der Waals surface area contributed by atoms with Crippen LogP contribution in [0.4, 0.5) is 10.1 Å². The second-order valence-electron chi connectivity index (χ2n) is 2.94. The Hall–Kier alpha value is -1.10. The van der Waals surface area contributed by atoms with Gasteiger partial charge in [0.25, 0.3) is 0 Å². The summed E-state index contributed by atoms with van der Waals surface area (Å²) >= 11 is 0. The largest absolute Gasteiger partial charge is 0.383 e. The third-order valence-corrected chi connectivity index (χ3v) is 2.84. The van der Waals surface area contributed by atoms with E-state index >= 15 is 0 Å². The maximum Gasteiger partial charge on any atom is 0.175 e. The van der Waals surface area contributed by atoms with Crippen LogP contribution in [-0.4, -0.2) is 21.2 Å². The van der Waals surface area contributed by atoms with Crippen molar-refractivity contribution in [2.75, 3.05) is 18.1 Å². The predicted molar refractivity (Wildman–Crippen MR) is 53.7 cm³/mol. The molecule has 0 bridgehead atoms. The molecule has 0 aromatic heterocycles. The molecule has 0 unspecified atom stereocenters. The van der Waals surface area contributed by atoms with Gasteiger partial charge in [0.05, 0.1) is 10.6 Å². The van der Waals surface area contributed by atoms with E-state index in [1.807, 2.05) is 6.92 Å². The molecule has 0 saturated heterocycles. The van der Waals surface area contributed by atoms with Crippen LogP contribution in [0.15, 0.2) is 23.1 Å². The van der Waals surface area contributed by atoms with Crippen LogP contribution in [0.5, 0.6) is 0 Å². The SMILES string of the molecule is CCNc1cc(S(C)(=O)=O)ccc1F. The number of hydrogen-bond donors (Lipinski definition) is 1. The minimum atomic E-state index is -3.27. The Morgan fingerprint density at radius 2 is 2.07 bits per heavy atom. The summed E-state index contributed by atoms with van der Waals surface area (Å²) in [7, 11) is -3.27. The summed E-state index contributed by atoms with van der Waals surface area (Å²) in [5.74, 6) is -0.445. The van der Waals surface area contributed by atoms with Crippen LogP contribution >= 0.6 is 0 Å². The normalized spacial score (nSPS) is 11.4. The van der Waals surface area contributed by atoms with Gasteiger partial charge in [-0.3, -0.25) is 0 Å². The summed E-state index contributed by atoms with van der Waals surface area (Å²) in [6, 6.07) is 3.70. The van der Waals surface area contributed by atoms with Crippen molar-refractivity contribution in [3.05, 3.63) is 24.0 Å². The van der Waals surface area contributed by atoms with E-state index in [2.05, 4.69) is 5.32 Å². The average molecular weight is 217 g/mol. The monoisotopic (exact) mass is 217 g/mol. The molecule has 0 spiro atoms. The summed E-state index contributed by atoms with van der Waals surface area (Å²) in [5.41, 5.74) is 0.218. The van der Waals surface area contributed by atoms with Crippen LogP contribution in [0.2, 0.25) is 0 Å². The highest BCUT2D eigenvalue weighted by atomic mass is 32.2. The minimum Gasteiger partial charge on any atom is -0.383 e. The topological polar surface area (TPSA) is 46.2 Å². The van der Waals surface area contributed by atoms with Crippen LogP contribution in [0, 0.1) is 5.82 Å². The molecule has 0 aliphatic carbocycles. The van der Waals surface area contributed by atoms with E-state index in [9.17, 15) is 12.8 Å². The van der Waals surface area contributed by atoms with Gasteiger partial charge in [-0.05, 0) is 25.1 Å². The number of halogens is 1. The van der Waals surface area contributed by atoms with Crippen LogP contribution in [0.3, 0.4) is 0 Å². The van der Waals surface area contributed by atoms with Crippen molar-refractivity contribution in [3.8, 4) is 0 Å². The van der Waals surface area contributed by atoms with Gasteiger partial charge in [-0.15, -0.1) is 0 Å². The van der Waals surface area contributed by atoms with Gasteiger partial charge < -0.3 is 5.32 Å². The van der Waals surface area contributed by atoms with Gasteiger partial charge in [-0.25, -0.2) is 12.8 Å². The molecule has 1 N–H and O–H groups in total. The van der Waals surface area contributed by atoms with E-state index in [-0.39, 0.29) is 10.6 Å². The fraction of sp³-hybridized carbons (Fsp3) is 0.333. The number of nitrogens with one attached hydrogen (secondary N) is 1. The molecule has 1 aromatic rings. The number of hydrogen-bond acceptors (Lipinski definition) is 3. The standard InChI is InChI=1S/C9H12FNO2S/c1-3-11-9-6-7(14(2,12)13)4-5-8(9)10/h4-6,11H,3H2,1-2H3. The van der Waals surface area contributed by atoms with Crippen molar-refractivity contribution in [3.63, 3.8) is 0 Å². The molecule has 78 valence electrons. The van der Waals surface area contributed by atoms with Gasteiger partial charge in [0.15, 0.2) is 9.84 Å². The highest BCUT2D eigenvalue weighted by molar-refractivity contribution is 7.90. The zero-order chi connectivity index (χ0) is 10.8. The molecule has 5 heteroatoms. The quantitative estimate of drug-likeness (QED) is 0.783. The summed E-state index contributed by atoms with van der Waals surface area (Å²) in [5, 5.41) is 2.75. The van der Waals surface area contributed by atoms with Crippen molar-refractivity contribution < 1.29 is 12.8 Å². The van der Waals surface area contributed by atoms with Gasteiger partial charge in [-0.2, -0.15) is 0 Å². The average Bonchev–Trinajstić information content (AvgIpc) is 2.07. The highest BCUT2D eigenvalue weighted by Crippen LogP contribution is 2.19. The molecule has 0 saturated carbocycles. The second kappa shape index (κ2) is 3.96. The van der Waals surface area contributed by atoms with Gasteiger partial charge >= 0.3 is 0 Å². The number of anilines is 1. The zero-order valence-electron chi connectivity index (χ0n) is 8.04. The number of rotatable bonds is 3. The van der Waals surface area contributed by atoms with Gasteiger partial charge in [-0.1, -0.05) is 0 Å². The lowest BCUT2D eigenvalue weighted by Crippen LogP contribution is -2.03. The van der Waals surface area contributed by atoms with Crippen LogP contribution < -0.4 is 5.32 Å². The molecule has 0 radical (unpaired) electrons.